The average Bonchev–Trinajstić information content (AvgIpc) is 2.54. The molecule has 0 spiro atoms. The van der Waals surface area contributed by atoms with Crippen molar-refractivity contribution in [2.24, 2.45) is 0 Å². The van der Waals surface area contributed by atoms with Gasteiger partial charge in [0, 0.05) is 25.0 Å². The van der Waals surface area contributed by atoms with Crippen LogP contribution in [0, 0.1) is 6.92 Å². The third-order valence-electron chi connectivity index (χ3n) is 3.24. The lowest BCUT2D eigenvalue weighted by Gasteiger charge is -2.16. The number of hydrogen-bond acceptors (Lipinski definition) is 5. The molecular formula is C16H18N4O3. The van der Waals surface area contributed by atoms with Crippen LogP contribution in [0.15, 0.2) is 36.7 Å². The summed E-state index contributed by atoms with van der Waals surface area (Å²) in [5.41, 5.74) is 2.63. The van der Waals surface area contributed by atoms with Gasteiger partial charge in [0.2, 0.25) is 0 Å². The number of hydrogen-bond donors (Lipinski definition) is 2. The van der Waals surface area contributed by atoms with Gasteiger partial charge in [0.05, 0.1) is 11.4 Å². The van der Waals surface area contributed by atoms with E-state index in [1.165, 1.54) is 20.2 Å². The van der Waals surface area contributed by atoms with Crippen LogP contribution < -0.4 is 5.32 Å². The van der Waals surface area contributed by atoms with Gasteiger partial charge >= 0.3 is 0 Å². The molecule has 120 valence electrons. The molecule has 0 saturated carbocycles. The number of rotatable bonds is 4. The van der Waals surface area contributed by atoms with Crippen molar-refractivity contribution in [3.8, 4) is 11.4 Å². The van der Waals surface area contributed by atoms with Crippen LogP contribution in [0.2, 0.25) is 0 Å². The summed E-state index contributed by atoms with van der Waals surface area (Å²) in [5, 5.41) is 12.1. The standard InChI is InChI=1S/C16H18N4O3/c1-10-4-6-17-13(8-10)14-9-12(5-7-18-14)15(21)19-11(2)16(22)20(3)23/h4-9,11,23H,1-3H3,(H,19,21)/t11-/m0/s1. The quantitative estimate of drug-likeness (QED) is 0.657. The minimum Gasteiger partial charge on any atom is -0.340 e. The van der Waals surface area contributed by atoms with Gasteiger partial charge in [-0.3, -0.25) is 24.8 Å². The molecule has 0 radical (unpaired) electrons. The predicted molar refractivity (Wildman–Crippen MR) is 83.7 cm³/mol. The van der Waals surface area contributed by atoms with Crippen molar-refractivity contribution >= 4 is 11.8 Å². The second-order valence-corrected chi connectivity index (χ2v) is 5.21. The minimum absolute atomic E-state index is 0.360. The number of likely N-dealkylation sites (N-methyl/N-ethyl adjacent to an activating group) is 1. The monoisotopic (exact) mass is 314 g/mol. The van der Waals surface area contributed by atoms with Crippen molar-refractivity contribution in [3.05, 3.63) is 47.8 Å². The number of carbonyl (C=O) groups excluding carboxylic acids is 2. The summed E-state index contributed by atoms with van der Waals surface area (Å²) in [6, 6.07) is 6.06. The lowest BCUT2D eigenvalue weighted by Crippen LogP contribution is -2.44. The molecule has 0 aliphatic rings. The van der Waals surface area contributed by atoms with Gasteiger partial charge in [0.25, 0.3) is 11.8 Å². The van der Waals surface area contributed by atoms with Gasteiger partial charge in [-0.15, -0.1) is 0 Å². The van der Waals surface area contributed by atoms with E-state index in [4.69, 9.17) is 5.21 Å². The summed E-state index contributed by atoms with van der Waals surface area (Å²) in [6.45, 7) is 3.44. The molecule has 7 heteroatoms. The van der Waals surface area contributed by atoms with E-state index >= 15 is 0 Å². The van der Waals surface area contributed by atoms with Crippen molar-refractivity contribution in [2.45, 2.75) is 19.9 Å². The molecule has 2 rings (SSSR count). The lowest BCUT2D eigenvalue weighted by molar-refractivity contribution is -0.161. The third-order valence-corrected chi connectivity index (χ3v) is 3.24. The van der Waals surface area contributed by atoms with Crippen LogP contribution in [0.3, 0.4) is 0 Å². The summed E-state index contributed by atoms with van der Waals surface area (Å²) < 4.78 is 0. The molecule has 2 N–H and O–H groups in total. The molecule has 23 heavy (non-hydrogen) atoms. The Labute approximate surface area is 133 Å². The zero-order valence-electron chi connectivity index (χ0n) is 13.1. The third kappa shape index (κ3) is 4.10. The van der Waals surface area contributed by atoms with Gasteiger partial charge in [-0.05, 0) is 43.7 Å². The summed E-state index contributed by atoms with van der Waals surface area (Å²) in [6.07, 6.45) is 3.19. The Kier molecular flexibility index (Phi) is 5.02. The summed E-state index contributed by atoms with van der Waals surface area (Å²) >= 11 is 0. The first-order valence-corrected chi connectivity index (χ1v) is 7.05. The zero-order valence-corrected chi connectivity index (χ0v) is 13.1. The van der Waals surface area contributed by atoms with E-state index in [0.29, 0.717) is 22.0 Å². The van der Waals surface area contributed by atoms with Gasteiger partial charge < -0.3 is 5.32 Å². The maximum Gasteiger partial charge on any atom is 0.267 e. The Morgan fingerprint density at radius 3 is 2.39 bits per heavy atom. The number of nitrogens with one attached hydrogen (secondary N) is 1. The Morgan fingerprint density at radius 2 is 1.78 bits per heavy atom. The van der Waals surface area contributed by atoms with Crippen molar-refractivity contribution < 1.29 is 14.8 Å². The maximum absolute atomic E-state index is 12.2. The van der Waals surface area contributed by atoms with Crippen LogP contribution in [-0.4, -0.2) is 45.1 Å². The fraction of sp³-hybridized carbons (Fsp3) is 0.250. The number of pyridine rings is 2. The van der Waals surface area contributed by atoms with Crippen molar-refractivity contribution in [1.82, 2.24) is 20.3 Å². The molecule has 2 heterocycles. The molecule has 0 aliphatic carbocycles. The fourth-order valence-electron chi connectivity index (χ4n) is 2.01. The van der Waals surface area contributed by atoms with E-state index in [9.17, 15) is 9.59 Å². The van der Waals surface area contributed by atoms with Crippen LogP contribution in [0.25, 0.3) is 11.4 Å². The zero-order chi connectivity index (χ0) is 17.0. The van der Waals surface area contributed by atoms with Gasteiger partial charge in [0.1, 0.15) is 6.04 Å². The van der Waals surface area contributed by atoms with Crippen LogP contribution >= 0.6 is 0 Å². The molecule has 1 atom stereocenters. The highest BCUT2D eigenvalue weighted by Crippen LogP contribution is 2.16. The van der Waals surface area contributed by atoms with Crippen molar-refractivity contribution in [1.29, 1.82) is 0 Å². The van der Waals surface area contributed by atoms with Gasteiger partial charge in [-0.1, -0.05) is 0 Å². The van der Waals surface area contributed by atoms with E-state index in [2.05, 4.69) is 15.3 Å². The van der Waals surface area contributed by atoms with E-state index < -0.39 is 17.9 Å². The molecule has 2 amide bonds. The number of amides is 2. The van der Waals surface area contributed by atoms with E-state index in [0.717, 1.165) is 5.56 Å². The van der Waals surface area contributed by atoms with Gasteiger partial charge in [0.15, 0.2) is 0 Å². The normalized spacial score (nSPS) is 11.7. The lowest BCUT2D eigenvalue weighted by atomic mass is 10.1. The SMILES string of the molecule is Cc1ccnc(-c2cc(C(=O)N[C@@H](C)C(=O)N(C)O)ccn2)c1. The van der Waals surface area contributed by atoms with Crippen molar-refractivity contribution in [3.63, 3.8) is 0 Å². The van der Waals surface area contributed by atoms with Crippen LogP contribution in [0.1, 0.15) is 22.8 Å². The second kappa shape index (κ2) is 6.97. The van der Waals surface area contributed by atoms with Gasteiger partial charge in [-0.2, -0.15) is 0 Å². The summed E-state index contributed by atoms with van der Waals surface area (Å²) in [7, 11) is 1.21. The molecule has 0 unspecified atom stereocenters. The largest absolute Gasteiger partial charge is 0.340 e. The van der Waals surface area contributed by atoms with E-state index in [1.807, 2.05) is 19.1 Å². The second-order valence-electron chi connectivity index (χ2n) is 5.21. The van der Waals surface area contributed by atoms with Crippen LogP contribution in [0.4, 0.5) is 0 Å². The summed E-state index contributed by atoms with van der Waals surface area (Å²) in [4.78, 5) is 32.2. The highest BCUT2D eigenvalue weighted by atomic mass is 16.5. The van der Waals surface area contributed by atoms with Crippen molar-refractivity contribution in [2.75, 3.05) is 7.05 Å². The Hall–Kier alpha value is -2.80. The molecular weight excluding hydrogens is 296 g/mol. The van der Waals surface area contributed by atoms with Crippen LogP contribution in [0.5, 0.6) is 0 Å². The first-order valence-electron chi connectivity index (χ1n) is 7.05. The Balaban J connectivity index is 2.19. The Bertz CT molecular complexity index is 731. The molecule has 0 aliphatic heterocycles. The smallest absolute Gasteiger partial charge is 0.267 e. The highest BCUT2D eigenvalue weighted by molar-refractivity contribution is 5.97. The first kappa shape index (κ1) is 16.6. The molecule has 2 aromatic rings. The molecule has 0 fully saturated rings. The molecule has 0 bridgehead atoms. The van der Waals surface area contributed by atoms with E-state index in [1.54, 1.807) is 18.3 Å². The maximum atomic E-state index is 12.2. The average molecular weight is 314 g/mol. The number of aromatic nitrogens is 2. The molecule has 0 aromatic carbocycles. The summed E-state index contributed by atoms with van der Waals surface area (Å²) in [5.74, 6) is -1.03. The Morgan fingerprint density at radius 1 is 1.17 bits per heavy atom. The van der Waals surface area contributed by atoms with E-state index in [-0.39, 0.29) is 0 Å². The number of aryl methyl sites for hydroxylation is 1. The molecule has 7 nitrogen and oxygen atoms in total. The highest BCUT2D eigenvalue weighted by Gasteiger charge is 2.19. The van der Waals surface area contributed by atoms with Gasteiger partial charge in [-0.25, -0.2) is 5.06 Å². The topological polar surface area (TPSA) is 95.4 Å². The minimum atomic E-state index is -0.841. The number of nitrogens with zero attached hydrogens (tertiary/aromatic N) is 3. The number of hydroxylamine groups is 2. The number of carbonyl (C=O) groups is 2. The van der Waals surface area contributed by atoms with Crippen LogP contribution in [-0.2, 0) is 4.79 Å². The molecule has 0 saturated heterocycles. The molecule has 2 aromatic heterocycles. The fourth-order valence-corrected chi connectivity index (χ4v) is 2.01. The first-order chi connectivity index (χ1) is 10.9. The predicted octanol–water partition coefficient (Wildman–Crippen LogP) is 1.42.